The van der Waals surface area contributed by atoms with Crippen LogP contribution >= 0.6 is 11.6 Å². The molecule has 2 aliphatic heterocycles. The van der Waals surface area contributed by atoms with Gasteiger partial charge in [-0.2, -0.15) is 0 Å². The number of anilines is 1. The van der Waals surface area contributed by atoms with E-state index < -0.39 is 5.60 Å². The topological polar surface area (TPSA) is 69.1 Å². The fourth-order valence-electron chi connectivity index (χ4n) is 3.67. The molecule has 27 heavy (non-hydrogen) atoms. The van der Waals surface area contributed by atoms with Crippen LogP contribution in [0.1, 0.15) is 32.6 Å². The number of guanidine groups is 1. The Kier molecular flexibility index (Phi) is 7.21. The molecule has 150 valence electrons. The molecule has 1 aromatic rings. The van der Waals surface area contributed by atoms with Crippen LogP contribution in [0.3, 0.4) is 0 Å². The van der Waals surface area contributed by atoms with E-state index >= 15 is 0 Å². The summed E-state index contributed by atoms with van der Waals surface area (Å²) in [7, 11) is 0. The summed E-state index contributed by atoms with van der Waals surface area (Å²) in [6.45, 7) is 6.33. The van der Waals surface area contributed by atoms with Crippen LogP contribution in [0.4, 0.5) is 5.69 Å². The Hall–Kier alpha value is -1.50. The Labute approximate surface area is 166 Å². The second-order valence-electron chi connectivity index (χ2n) is 7.41. The minimum atomic E-state index is -0.753. The number of ether oxygens (including phenoxy) is 1. The normalized spacial score (nSPS) is 23.1. The highest BCUT2D eigenvalue weighted by atomic mass is 35.5. The number of rotatable bonds is 5. The maximum atomic E-state index is 10.6. The van der Waals surface area contributed by atoms with Crippen molar-refractivity contribution in [1.29, 1.82) is 0 Å². The van der Waals surface area contributed by atoms with E-state index in [4.69, 9.17) is 16.3 Å². The number of aliphatic imine (C=N–C) groups is 1. The molecule has 2 saturated heterocycles. The van der Waals surface area contributed by atoms with Crippen LogP contribution in [-0.2, 0) is 4.74 Å². The molecule has 6 nitrogen and oxygen atoms in total. The predicted octanol–water partition coefficient (Wildman–Crippen LogP) is 2.41. The molecule has 2 aliphatic rings. The van der Waals surface area contributed by atoms with E-state index in [2.05, 4.69) is 33.5 Å². The van der Waals surface area contributed by atoms with Crippen molar-refractivity contribution in [3.05, 3.63) is 29.3 Å². The summed E-state index contributed by atoms with van der Waals surface area (Å²) in [6, 6.07) is 8.29. The second-order valence-corrected chi connectivity index (χ2v) is 7.82. The maximum Gasteiger partial charge on any atom is 0.191 e. The summed E-state index contributed by atoms with van der Waals surface area (Å²) >= 11 is 6.38. The van der Waals surface area contributed by atoms with E-state index in [0.29, 0.717) is 32.6 Å². The van der Waals surface area contributed by atoms with Gasteiger partial charge in [0.15, 0.2) is 5.96 Å². The molecule has 0 spiro atoms. The van der Waals surface area contributed by atoms with Gasteiger partial charge >= 0.3 is 0 Å². The van der Waals surface area contributed by atoms with Crippen LogP contribution in [0, 0.1) is 0 Å². The molecule has 1 aromatic carbocycles. The van der Waals surface area contributed by atoms with Gasteiger partial charge in [-0.05, 0) is 31.9 Å². The smallest absolute Gasteiger partial charge is 0.191 e. The lowest BCUT2D eigenvalue weighted by atomic mass is 9.95. The van der Waals surface area contributed by atoms with Gasteiger partial charge in [-0.1, -0.05) is 23.7 Å². The second kappa shape index (κ2) is 9.62. The number of halogens is 1. The number of para-hydroxylation sites is 1. The molecule has 2 fully saturated rings. The zero-order chi connectivity index (χ0) is 19.1. The number of piperidine rings is 1. The standard InChI is InChI=1S/C20H31ClN4O2/c1-2-22-19(23-15-20(26)9-12-27-13-10-20)24-16-6-5-11-25(14-16)18-8-4-3-7-17(18)21/h3-4,7-8,16,26H,2,5-6,9-15H2,1H3,(H2,22,23,24). The predicted molar refractivity (Wildman–Crippen MR) is 111 cm³/mol. The molecular weight excluding hydrogens is 364 g/mol. The van der Waals surface area contributed by atoms with Gasteiger partial charge in [-0.3, -0.25) is 4.99 Å². The van der Waals surface area contributed by atoms with Crippen molar-refractivity contribution in [2.24, 2.45) is 4.99 Å². The third-order valence-electron chi connectivity index (χ3n) is 5.25. The molecule has 0 amide bonds. The molecule has 2 heterocycles. The Morgan fingerprint density at radius 3 is 2.89 bits per heavy atom. The van der Waals surface area contributed by atoms with E-state index in [1.807, 2.05) is 18.2 Å². The van der Waals surface area contributed by atoms with Crippen molar-refractivity contribution in [3.8, 4) is 0 Å². The molecule has 1 atom stereocenters. The van der Waals surface area contributed by atoms with Crippen LogP contribution in [-0.4, -0.2) is 62.1 Å². The molecule has 0 bridgehead atoms. The number of nitrogens with zero attached hydrogens (tertiary/aromatic N) is 2. The molecule has 7 heteroatoms. The van der Waals surface area contributed by atoms with Gasteiger partial charge < -0.3 is 25.4 Å². The average Bonchev–Trinajstić information content (AvgIpc) is 2.68. The highest BCUT2D eigenvalue weighted by Gasteiger charge is 2.30. The van der Waals surface area contributed by atoms with Crippen LogP contribution in [0.5, 0.6) is 0 Å². The fraction of sp³-hybridized carbons (Fsp3) is 0.650. The van der Waals surface area contributed by atoms with Crippen LogP contribution < -0.4 is 15.5 Å². The van der Waals surface area contributed by atoms with Crippen LogP contribution in [0.15, 0.2) is 29.3 Å². The summed E-state index contributed by atoms with van der Waals surface area (Å²) in [4.78, 5) is 7.00. The zero-order valence-corrected chi connectivity index (χ0v) is 16.8. The van der Waals surface area contributed by atoms with Crippen LogP contribution in [0.25, 0.3) is 0 Å². The van der Waals surface area contributed by atoms with Gasteiger partial charge in [0.25, 0.3) is 0 Å². The first-order chi connectivity index (χ1) is 13.1. The molecule has 0 radical (unpaired) electrons. The summed E-state index contributed by atoms with van der Waals surface area (Å²) in [5.41, 5.74) is 0.334. The van der Waals surface area contributed by atoms with E-state index in [-0.39, 0.29) is 6.04 Å². The summed E-state index contributed by atoms with van der Waals surface area (Å²) in [5.74, 6) is 0.767. The zero-order valence-electron chi connectivity index (χ0n) is 16.1. The number of benzene rings is 1. The van der Waals surface area contributed by atoms with Crippen molar-refractivity contribution in [3.63, 3.8) is 0 Å². The van der Waals surface area contributed by atoms with Gasteiger partial charge in [0.2, 0.25) is 0 Å². The van der Waals surface area contributed by atoms with Crippen molar-refractivity contribution in [2.45, 2.75) is 44.2 Å². The van der Waals surface area contributed by atoms with Gasteiger partial charge in [0, 0.05) is 51.7 Å². The van der Waals surface area contributed by atoms with E-state index in [0.717, 1.165) is 49.1 Å². The van der Waals surface area contributed by atoms with Crippen molar-refractivity contribution in [2.75, 3.05) is 44.3 Å². The largest absolute Gasteiger partial charge is 0.388 e. The number of aliphatic hydroxyl groups is 1. The molecule has 0 aromatic heterocycles. The Morgan fingerprint density at radius 1 is 1.37 bits per heavy atom. The molecule has 3 N–H and O–H groups in total. The maximum absolute atomic E-state index is 10.6. The van der Waals surface area contributed by atoms with Gasteiger partial charge in [0.05, 0.1) is 22.9 Å². The summed E-state index contributed by atoms with van der Waals surface area (Å²) in [6.07, 6.45) is 3.46. The molecular formula is C20H31ClN4O2. The molecule has 3 rings (SSSR count). The third kappa shape index (κ3) is 5.74. The highest BCUT2D eigenvalue weighted by Crippen LogP contribution is 2.27. The van der Waals surface area contributed by atoms with Crippen LogP contribution in [0.2, 0.25) is 5.02 Å². The van der Waals surface area contributed by atoms with Crippen molar-refractivity contribution in [1.82, 2.24) is 10.6 Å². The highest BCUT2D eigenvalue weighted by molar-refractivity contribution is 6.33. The van der Waals surface area contributed by atoms with Crippen molar-refractivity contribution < 1.29 is 9.84 Å². The van der Waals surface area contributed by atoms with Crippen molar-refractivity contribution >= 4 is 23.2 Å². The third-order valence-corrected chi connectivity index (χ3v) is 5.57. The summed E-state index contributed by atoms with van der Waals surface area (Å²) in [5, 5.41) is 18.3. The quantitative estimate of drug-likeness (QED) is 0.528. The Bertz CT molecular complexity index is 634. The Morgan fingerprint density at radius 2 is 2.15 bits per heavy atom. The monoisotopic (exact) mass is 394 g/mol. The fourth-order valence-corrected chi connectivity index (χ4v) is 3.93. The Balaban J connectivity index is 1.61. The number of nitrogens with one attached hydrogen (secondary N) is 2. The first-order valence-electron chi connectivity index (χ1n) is 9.94. The minimum absolute atomic E-state index is 0.289. The van der Waals surface area contributed by atoms with Gasteiger partial charge in [0.1, 0.15) is 0 Å². The first-order valence-corrected chi connectivity index (χ1v) is 10.3. The molecule has 0 aliphatic carbocycles. The minimum Gasteiger partial charge on any atom is -0.388 e. The first kappa shape index (κ1) is 20.2. The average molecular weight is 395 g/mol. The van der Waals surface area contributed by atoms with E-state index in [9.17, 15) is 5.11 Å². The molecule has 1 unspecified atom stereocenters. The lowest BCUT2D eigenvalue weighted by Gasteiger charge is -2.36. The SMILES string of the molecule is CCNC(=NCC1(O)CCOCC1)NC1CCCN(c2ccccc2Cl)C1. The van der Waals surface area contributed by atoms with E-state index in [1.165, 1.54) is 0 Å². The summed E-state index contributed by atoms with van der Waals surface area (Å²) < 4.78 is 5.35. The van der Waals surface area contributed by atoms with E-state index in [1.54, 1.807) is 0 Å². The van der Waals surface area contributed by atoms with Gasteiger partial charge in [-0.25, -0.2) is 0 Å². The lowest BCUT2D eigenvalue weighted by Crippen LogP contribution is -2.52. The number of hydrogen-bond acceptors (Lipinski definition) is 4. The lowest BCUT2D eigenvalue weighted by molar-refractivity contribution is -0.0566. The molecule has 0 saturated carbocycles. The number of hydrogen-bond donors (Lipinski definition) is 3. The van der Waals surface area contributed by atoms with Gasteiger partial charge in [-0.15, -0.1) is 0 Å².